The summed E-state index contributed by atoms with van der Waals surface area (Å²) in [4.78, 5) is 1.02. The molecule has 3 rings (SSSR count). The van der Waals surface area contributed by atoms with Crippen molar-refractivity contribution >= 4 is 5.96 Å². The molecule has 0 radical (unpaired) electrons. The van der Waals surface area contributed by atoms with E-state index < -0.39 is 59.8 Å². The molecule has 2 aromatic carbocycles. The van der Waals surface area contributed by atoms with Crippen molar-refractivity contribution in [3.05, 3.63) is 76.0 Å². The second-order valence-electron chi connectivity index (χ2n) is 9.19. The van der Waals surface area contributed by atoms with Gasteiger partial charge in [-0.2, -0.15) is 44.6 Å². The molecule has 0 saturated heterocycles. The Labute approximate surface area is 228 Å². The van der Waals surface area contributed by atoms with E-state index in [4.69, 9.17) is 11.6 Å². The van der Waals surface area contributed by atoms with E-state index in [9.17, 15) is 39.5 Å². The molecule has 41 heavy (non-hydrogen) atoms. The van der Waals surface area contributed by atoms with E-state index in [1.54, 1.807) is 24.7 Å². The summed E-state index contributed by atoms with van der Waals surface area (Å²) in [6.07, 6.45) is -13.3. The molecule has 3 aromatic rings. The van der Waals surface area contributed by atoms with Crippen LogP contribution in [-0.2, 0) is 38.2 Å². The number of guanidine groups is 1. The predicted octanol–water partition coefficient (Wildman–Crippen LogP) is 5.97. The molecule has 0 spiro atoms. The Morgan fingerprint density at radius 1 is 0.878 bits per heavy atom. The topological polar surface area (TPSA) is 88.7 Å². The molecule has 0 bridgehead atoms. The van der Waals surface area contributed by atoms with E-state index in [0.29, 0.717) is 29.9 Å². The average Bonchev–Trinajstić information content (AvgIpc) is 3.21. The minimum absolute atomic E-state index is 0.00915. The molecule has 1 heterocycles. The molecule has 0 saturated carbocycles. The van der Waals surface area contributed by atoms with Crippen LogP contribution in [0.4, 0.5) is 39.5 Å². The smallest absolute Gasteiger partial charge is 0.368 e. The lowest BCUT2D eigenvalue weighted by Gasteiger charge is -2.27. The second kappa shape index (κ2) is 11.5. The van der Waals surface area contributed by atoms with Crippen molar-refractivity contribution in [3.8, 4) is 11.3 Å². The number of rotatable bonds is 7. The fourth-order valence-electron chi connectivity index (χ4n) is 4.06. The summed E-state index contributed by atoms with van der Waals surface area (Å²) in [5, 5.41) is 8.89. The van der Waals surface area contributed by atoms with Gasteiger partial charge in [-0.3, -0.25) is 4.68 Å². The summed E-state index contributed by atoms with van der Waals surface area (Å²) >= 11 is 0. The van der Waals surface area contributed by atoms with Crippen molar-refractivity contribution in [2.45, 2.75) is 52.0 Å². The van der Waals surface area contributed by atoms with Crippen molar-refractivity contribution in [3.63, 3.8) is 0 Å². The summed E-state index contributed by atoms with van der Waals surface area (Å²) in [7, 11) is 1.24. The third-order valence-corrected chi connectivity index (χ3v) is 5.92. The van der Waals surface area contributed by atoms with Crippen LogP contribution in [-0.4, -0.2) is 32.8 Å². The van der Waals surface area contributed by atoms with Crippen molar-refractivity contribution in [2.24, 2.45) is 16.7 Å². The first-order chi connectivity index (χ1) is 18.8. The molecular formula is C25H26F9N7. The number of benzene rings is 2. The zero-order chi connectivity index (χ0) is 30.9. The highest BCUT2D eigenvalue weighted by molar-refractivity contribution is 5.78. The molecule has 0 aliphatic rings. The van der Waals surface area contributed by atoms with Gasteiger partial charge < -0.3 is 10.6 Å². The molecular weight excluding hydrogens is 569 g/mol. The van der Waals surface area contributed by atoms with Crippen molar-refractivity contribution in [1.29, 1.82) is 0 Å². The van der Waals surface area contributed by atoms with E-state index in [1.165, 1.54) is 13.1 Å². The predicted molar refractivity (Wildman–Crippen MR) is 132 cm³/mol. The summed E-state index contributed by atoms with van der Waals surface area (Å²) in [5.41, 5.74) is 2.57. The normalized spacial score (nSPS) is 13.0. The minimum Gasteiger partial charge on any atom is -0.368 e. The van der Waals surface area contributed by atoms with Gasteiger partial charge in [0.15, 0.2) is 0 Å². The third-order valence-electron chi connectivity index (χ3n) is 5.92. The van der Waals surface area contributed by atoms with Crippen LogP contribution in [0.2, 0.25) is 0 Å². The number of aromatic nitrogens is 2. The molecule has 0 amide bonds. The number of aryl methyl sites for hydroxylation is 2. The van der Waals surface area contributed by atoms with Gasteiger partial charge in [-0.05, 0) is 60.9 Å². The Kier molecular flexibility index (Phi) is 8.86. The van der Waals surface area contributed by atoms with Gasteiger partial charge >= 0.3 is 18.5 Å². The lowest BCUT2D eigenvalue weighted by molar-refractivity contribution is -0.143. The van der Waals surface area contributed by atoms with E-state index >= 15 is 0 Å². The van der Waals surface area contributed by atoms with Crippen molar-refractivity contribution in [2.75, 3.05) is 7.05 Å². The van der Waals surface area contributed by atoms with E-state index in [0.717, 1.165) is 22.2 Å². The molecule has 7 nitrogen and oxygen atoms in total. The Morgan fingerprint density at radius 3 is 1.90 bits per heavy atom. The van der Waals surface area contributed by atoms with Crippen molar-refractivity contribution < 1.29 is 39.5 Å². The molecule has 0 unspecified atom stereocenters. The highest BCUT2D eigenvalue weighted by atomic mass is 19.4. The second-order valence-corrected chi connectivity index (χ2v) is 9.19. The lowest BCUT2D eigenvalue weighted by atomic mass is 9.98. The van der Waals surface area contributed by atoms with Crippen LogP contribution in [0.15, 0.2) is 47.7 Å². The number of hydrazone groups is 1. The van der Waals surface area contributed by atoms with Crippen LogP contribution < -0.4 is 11.6 Å². The van der Waals surface area contributed by atoms with Gasteiger partial charge in [0.2, 0.25) is 5.96 Å². The Bertz CT molecular complexity index is 1370. The Hall–Kier alpha value is -3.95. The maximum absolute atomic E-state index is 13.6. The molecule has 0 aliphatic carbocycles. The maximum Gasteiger partial charge on any atom is 0.416 e. The van der Waals surface area contributed by atoms with Gasteiger partial charge in [-0.15, -0.1) is 5.10 Å². The fraction of sp³-hybridized carbons (Fsp3) is 0.360. The number of nitrogens with two attached hydrogens (primary N) is 2. The summed E-state index contributed by atoms with van der Waals surface area (Å²) in [5.74, 6) is 5.03. The third kappa shape index (κ3) is 7.83. The van der Waals surface area contributed by atoms with Gasteiger partial charge in [-0.1, -0.05) is 6.07 Å². The van der Waals surface area contributed by atoms with E-state index in [1.807, 2.05) is 0 Å². The quantitative estimate of drug-likeness (QED) is 0.116. The van der Waals surface area contributed by atoms with Gasteiger partial charge in [0.1, 0.15) is 0 Å². The largest absolute Gasteiger partial charge is 0.416 e. The van der Waals surface area contributed by atoms with E-state index in [-0.39, 0.29) is 17.2 Å². The number of nitrogens with zero attached hydrogens (tertiary/aromatic N) is 5. The first-order valence-electron chi connectivity index (χ1n) is 11.9. The number of hydrogen-bond acceptors (Lipinski definition) is 4. The molecule has 4 N–H and O–H groups in total. The minimum atomic E-state index is -5.11. The standard InChI is InChI=1S/C25H26F9N7/c1-4-41-11-14(2)21(37-41)20-6-5-17(23(26,27)28)9-16(20)13-40(22(35)38-39(3)36)12-15-7-18(24(29,30)31)10-19(8-15)25(32,33)34/h5-11H,4,12-13,36H2,1-3H3,(H2,35,38). The van der Waals surface area contributed by atoms with Crippen molar-refractivity contribution in [1.82, 2.24) is 19.8 Å². The summed E-state index contributed by atoms with van der Waals surface area (Å²) in [6.45, 7) is 2.76. The maximum atomic E-state index is 13.6. The van der Waals surface area contributed by atoms with Crippen LogP contribution in [0, 0.1) is 6.92 Å². The van der Waals surface area contributed by atoms with Crippen LogP contribution in [0.5, 0.6) is 0 Å². The zero-order valence-electron chi connectivity index (χ0n) is 22.0. The van der Waals surface area contributed by atoms with Gasteiger partial charge in [-0.25, -0.2) is 11.0 Å². The highest BCUT2D eigenvalue weighted by Gasteiger charge is 2.37. The van der Waals surface area contributed by atoms with Crippen LogP contribution in [0.25, 0.3) is 11.3 Å². The number of hydrogen-bond donors (Lipinski definition) is 2. The molecule has 16 heteroatoms. The molecule has 0 atom stereocenters. The van der Waals surface area contributed by atoms with E-state index in [2.05, 4.69) is 10.2 Å². The van der Waals surface area contributed by atoms with Crippen LogP contribution >= 0.6 is 0 Å². The first-order valence-corrected chi connectivity index (χ1v) is 11.9. The number of alkyl halides is 9. The van der Waals surface area contributed by atoms with Gasteiger partial charge in [0, 0.05) is 38.4 Å². The fourth-order valence-corrected chi connectivity index (χ4v) is 4.06. The molecule has 1 aromatic heterocycles. The molecule has 0 aliphatic heterocycles. The molecule has 224 valence electrons. The number of halogens is 9. The average molecular weight is 596 g/mol. The zero-order valence-corrected chi connectivity index (χ0v) is 22.0. The Balaban J connectivity index is 2.19. The SMILES string of the molecule is CCn1cc(C)c(-c2ccc(C(F)(F)F)cc2CN(Cc2cc(C(F)(F)F)cc(C(F)(F)F)c2)/C(N)=N/N(C)N)n1. The number of hydrazine groups is 1. The first kappa shape index (κ1) is 31.6. The lowest BCUT2D eigenvalue weighted by Crippen LogP contribution is -2.39. The summed E-state index contributed by atoms with van der Waals surface area (Å²) < 4.78 is 123. The molecule has 0 fully saturated rings. The highest BCUT2D eigenvalue weighted by Crippen LogP contribution is 2.38. The summed E-state index contributed by atoms with van der Waals surface area (Å²) in [6, 6.07) is 3.83. The van der Waals surface area contributed by atoms with Crippen LogP contribution in [0.3, 0.4) is 0 Å². The van der Waals surface area contributed by atoms with Gasteiger partial charge in [0.05, 0.1) is 22.4 Å². The van der Waals surface area contributed by atoms with Gasteiger partial charge in [0.25, 0.3) is 0 Å². The monoisotopic (exact) mass is 595 g/mol. The van der Waals surface area contributed by atoms with Crippen LogP contribution in [0.1, 0.15) is 40.3 Å². The Morgan fingerprint density at radius 2 is 1.44 bits per heavy atom.